The normalized spacial score (nSPS) is 11.3. The fourth-order valence-corrected chi connectivity index (χ4v) is 2.97. The number of hydrogen-bond acceptors (Lipinski definition) is 5. The van der Waals surface area contributed by atoms with Gasteiger partial charge in [-0.2, -0.15) is 0 Å². The van der Waals surface area contributed by atoms with Gasteiger partial charge in [0.15, 0.2) is 0 Å². The highest BCUT2D eigenvalue weighted by atomic mass is 32.2. The molecule has 0 aromatic carbocycles. The molecule has 0 saturated carbocycles. The second kappa shape index (κ2) is 5.31. The molecule has 0 fully saturated rings. The van der Waals surface area contributed by atoms with Gasteiger partial charge in [0.05, 0.1) is 5.75 Å². The van der Waals surface area contributed by atoms with Gasteiger partial charge in [-0.05, 0) is 12.1 Å². The van der Waals surface area contributed by atoms with Crippen LogP contribution in [0.2, 0.25) is 0 Å². The molecular weight excluding hydrogens is 250 g/mol. The summed E-state index contributed by atoms with van der Waals surface area (Å²) in [6.45, 7) is 0. The Balaban J connectivity index is 2.53. The second-order valence-corrected chi connectivity index (χ2v) is 6.59. The summed E-state index contributed by atoms with van der Waals surface area (Å²) < 4.78 is 21.7. The van der Waals surface area contributed by atoms with Crippen molar-refractivity contribution in [1.29, 1.82) is 0 Å². The molecule has 0 saturated heterocycles. The molecule has 0 aliphatic heterocycles. The molecule has 0 aliphatic carbocycles. The molecule has 0 radical (unpaired) electrons. The highest BCUT2D eigenvalue weighted by Gasteiger charge is 2.05. The molecule has 0 aliphatic rings. The maximum absolute atomic E-state index is 10.9. The summed E-state index contributed by atoms with van der Waals surface area (Å²) in [6.07, 6.45) is 2.61. The molecule has 1 aromatic heterocycles. The average molecular weight is 261 g/mol. The van der Waals surface area contributed by atoms with Crippen molar-refractivity contribution in [3.05, 3.63) is 24.0 Å². The first-order chi connectivity index (χ1) is 7.38. The van der Waals surface area contributed by atoms with Crippen molar-refractivity contribution >= 4 is 27.6 Å². The van der Waals surface area contributed by atoms with Crippen molar-refractivity contribution in [3.8, 4) is 0 Å². The van der Waals surface area contributed by atoms with Crippen LogP contribution in [-0.2, 0) is 9.84 Å². The lowest BCUT2D eigenvalue weighted by molar-refractivity contribution is 0.0690. The summed E-state index contributed by atoms with van der Waals surface area (Å²) >= 11 is 1.33. The maximum atomic E-state index is 10.9. The van der Waals surface area contributed by atoms with E-state index in [1.807, 2.05) is 0 Å². The first-order valence-corrected chi connectivity index (χ1v) is 7.43. The average Bonchev–Trinajstić information content (AvgIpc) is 2.16. The van der Waals surface area contributed by atoms with Crippen LogP contribution in [0.4, 0.5) is 0 Å². The zero-order valence-electron chi connectivity index (χ0n) is 8.58. The number of sulfone groups is 1. The molecule has 1 N–H and O–H groups in total. The number of carboxylic acids is 1. The number of hydrogen-bond donors (Lipinski definition) is 1. The monoisotopic (exact) mass is 261 g/mol. The number of carboxylic acid groups (broad SMARTS) is 1. The maximum Gasteiger partial charge on any atom is 0.354 e. The smallest absolute Gasteiger partial charge is 0.354 e. The highest BCUT2D eigenvalue weighted by Crippen LogP contribution is 2.16. The quantitative estimate of drug-likeness (QED) is 0.793. The Morgan fingerprint density at radius 2 is 2.19 bits per heavy atom. The number of aromatic nitrogens is 1. The lowest BCUT2D eigenvalue weighted by Crippen LogP contribution is -2.05. The van der Waals surface area contributed by atoms with E-state index in [9.17, 15) is 13.2 Å². The lowest BCUT2D eigenvalue weighted by atomic mass is 10.4. The van der Waals surface area contributed by atoms with Gasteiger partial charge in [-0.3, -0.25) is 0 Å². The minimum Gasteiger partial charge on any atom is -0.477 e. The van der Waals surface area contributed by atoms with Crippen molar-refractivity contribution in [2.24, 2.45) is 0 Å². The predicted molar refractivity (Wildman–Crippen MR) is 61.6 cm³/mol. The van der Waals surface area contributed by atoms with Crippen LogP contribution in [0.25, 0.3) is 0 Å². The van der Waals surface area contributed by atoms with Crippen molar-refractivity contribution in [2.45, 2.75) is 4.90 Å². The van der Waals surface area contributed by atoms with Crippen molar-refractivity contribution in [2.75, 3.05) is 17.8 Å². The zero-order valence-corrected chi connectivity index (χ0v) is 10.2. The molecule has 0 amide bonds. The molecule has 88 valence electrons. The molecule has 5 nitrogen and oxygen atoms in total. The van der Waals surface area contributed by atoms with E-state index < -0.39 is 15.8 Å². The van der Waals surface area contributed by atoms with E-state index in [2.05, 4.69) is 4.98 Å². The largest absolute Gasteiger partial charge is 0.477 e. The standard InChI is InChI=1S/C9H11NO4S2/c1-16(13,14)5-4-15-7-2-3-8(9(11)12)10-6-7/h2-3,6H,4-5H2,1H3,(H,11,12). The Morgan fingerprint density at radius 1 is 1.50 bits per heavy atom. The number of rotatable bonds is 5. The first kappa shape index (κ1) is 13.0. The van der Waals surface area contributed by atoms with E-state index in [0.29, 0.717) is 5.75 Å². The van der Waals surface area contributed by atoms with Gasteiger partial charge in [0, 0.05) is 23.1 Å². The van der Waals surface area contributed by atoms with Gasteiger partial charge in [-0.1, -0.05) is 0 Å². The second-order valence-electron chi connectivity index (χ2n) is 3.16. The molecule has 1 aromatic rings. The predicted octanol–water partition coefficient (Wildman–Crippen LogP) is 0.917. The molecule has 0 atom stereocenters. The number of aromatic carboxylic acids is 1. The number of pyridine rings is 1. The van der Waals surface area contributed by atoms with Crippen molar-refractivity contribution in [1.82, 2.24) is 4.98 Å². The van der Waals surface area contributed by atoms with Crippen LogP contribution >= 0.6 is 11.8 Å². The van der Waals surface area contributed by atoms with Crippen LogP contribution in [0.3, 0.4) is 0 Å². The van der Waals surface area contributed by atoms with E-state index in [0.717, 1.165) is 4.90 Å². The number of nitrogens with zero attached hydrogens (tertiary/aromatic N) is 1. The number of thioether (sulfide) groups is 1. The molecule has 0 spiro atoms. The summed E-state index contributed by atoms with van der Waals surface area (Å²) in [4.78, 5) is 15.0. The Labute approximate surface area is 97.8 Å². The molecule has 0 unspecified atom stereocenters. The van der Waals surface area contributed by atoms with E-state index >= 15 is 0 Å². The van der Waals surface area contributed by atoms with Gasteiger partial charge in [0.2, 0.25) is 0 Å². The third kappa shape index (κ3) is 4.63. The Kier molecular flexibility index (Phi) is 4.31. The third-order valence-electron chi connectivity index (χ3n) is 1.68. The van der Waals surface area contributed by atoms with Crippen LogP contribution in [0.15, 0.2) is 23.2 Å². The number of carbonyl (C=O) groups is 1. The fraction of sp³-hybridized carbons (Fsp3) is 0.333. The van der Waals surface area contributed by atoms with Gasteiger partial charge in [-0.25, -0.2) is 18.2 Å². The highest BCUT2D eigenvalue weighted by molar-refractivity contribution is 8.00. The van der Waals surface area contributed by atoms with E-state index in [1.54, 1.807) is 6.07 Å². The van der Waals surface area contributed by atoms with Crippen LogP contribution in [0, 0.1) is 0 Å². The van der Waals surface area contributed by atoms with Crippen LogP contribution in [0.5, 0.6) is 0 Å². The summed E-state index contributed by atoms with van der Waals surface area (Å²) in [5.74, 6) is -0.543. The van der Waals surface area contributed by atoms with Gasteiger partial charge >= 0.3 is 5.97 Å². The molecule has 7 heteroatoms. The van der Waals surface area contributed by atoms with Crippen LogP contribution in [-0.4, -0.2) is 42.2 Å². The SMILES string of the molecule is CS(=O)(=O)CCSc1ccc(C(=O)O)nc1. The molecule has 1 rings (SSSR count). The molecule has 0 bridgehead atoms. The van der Waals surface area contributed by atoms with Crippen molar-refractivity contribution < 1.29 is 18.3 Å². The summed E-state index contributed by atoms with van der Waals surface area (Å²) in [5.41, 5.74) is -0.0209. The summed E-state index contributed by atoms with van der Waals surface area (Å²) in [6, 6.07) is 3.01. The van der Waals surface area contributed by atoms with E-state index in [1.165, 1.54) is 30.3 Å². The Morgan fingerprint density at radius 3 is 2.62 bits per heavy atom. The Bertz CT molecular complexity index is 467. The fourth-order valence-electron chi connectivity index (χ4n) is 0.903. The van der Waals surface area contributed by atoms with Gasteiger partial charge in [0.25, 0.3) is 0 Å². The molecule has 1 heterocycles. The Hall–Kier alpha value is -1.08. The van der Waals surface area contributed by atoms with Crippen LogP contribution in [0.1, 0.15) is 10.5 Å². The third-order valence-corrected chi connectivity index (χ3v) is 3.87. The minimum atomic E-state index is -2.95. The zero-order chi connectivity index (χ0) is 12.2. The van der Waals surface area contributed by atoms with Gasteiger partial charge in [0.1, 0.15) is 15.5 Å². The van der Waals surface area contributed by atoms with Crippen LogP contribution < -0.4 is 0 Å². The van der Waals surface area contributed by atoms with Gasteiger partial charge in [-0.15, -0.1) is 11.8 Å². The first-order valence-electron chi connectivity index (χ1n) is 4.38. The van der Waals surface area contributed by atoms with Gasteiger partial charge < -0.3 is 5.11 Å². The molecular formula is C9H11NO4S2. The minimum absolute atomic E-state index is 0.0209. The summed E-state index contributed by atoms with van der Waals surface area (Å²) in [7, 11) is -2.95. The van der Waals surface area contributed by atoms with E-state index in [4.69, 9.17) is 5.11 Å². The lowest BCUT2D eigenvalue weighted by Gasteiger charge is -2.00. The van der Waals surface area contributed by atoms with Crippen molar-refractivity contribution in [3.63, 3.8) is 0 Å². The molecule has 16 heavy (non-hydrogen) atoms. The topological polar surface area (TPSA) is 84.3 Å². The summed E-state index contributed by atoms with van der Waals surface area (Å²) in [5, 5.41) is 8.61. The van der Waals surface area contributed by atoms with E-state index in [-0.39, 0.29) is 11.4 Å².